The van der Waals surface area contributed by atoms with Gasteiger partial charge in [-0.15, -0.1) is 0 Å². The number of aromatic carboxylic acids is 1. The second-order valence-electron chi connectivity index (χ2n) is 7.08. The van der Waals surface area contributed by atoms with E-state index in [1.807, 2.05) is 19.1 Å². The molecule has 4 rings (SSSR count). The Morgan fingerprint density at radius 3 is 2.54 bits per heavy atom. The number of nitrogens with one attached hydrogen (secondary N) is 1. The van der Waals surface area contributed by atoms with Gasteiger partial charge in [-0.25, -0.2) is 4.79 Å². The molecular weight excluding hydrogens is 354 g/mol. The first kappa shape index (κ1) is 18.0. The van der Waals surface area contributed by atoms with E-state index in [1.54, 1.807) is 24.3 Å². The second kappa shape index (κ2) is 7.35. The quantitative estimate of drug-likeness (QED) is 0.691. The maximum absolute atomic E-state index is 13.0. The van der Waals surface area contributed by atoms with E-state index in [1.165, 1.54) is 12.1 Å². The number of fused-ring (bicyclic) bond motifs is 1. The van der Waals surface area contributed by atoms with Gasteiger partial charge >= 0.3 is 5.97 Å². The van der Waals surface area contributed by atoms with Crippen LogP contribution in [0.2, 0.25) is 0 Å². The van der Waals surface area contributed by atoms with Crippen molar-refractivity contribution in [2.75, 3.05) is 0 Å². The van der Waals surface area contributed by atoms with E-state index in [9.17, 15) is 9.59 Å². The molecule has 5 nitrogen and oxygen atoms in total. The zero-order valence-electron chi connectivity index (χ0n) is 15.6. The minimum atomic E-state index is -0.997. The SMILES string of the molecule is Cc1[nH]c2c(c(=O)c1-c1ccc(Oc3cccc(C(=O)O)c3)cc1)CCCC2. The van der Waals surface area contributed by atoms with E-state index < -0.39 is 5.97 Å². The van der Waals surface area contributed by atoms with Gasteiger partial charge in [-0.2, -0.15) is 0 Å². The van der Waals surface area contributed by atoms with Crippen LogP contribution in [0.3, 0.4) is 0 Å². The number of aryl methyl sites for hydroxylation is 2. The van der Waals surface area contributed by atoms with Crippen LogP contribution in [0.5, 0.6) is 11.5 Å². The number of hydrogen-bond acceptors (Lipinski definition) is 3. The lowest BCUT2D eigenvalue weighted by Crippen LogP contribution is -2.21. The largest absolute Gasteiger partial charge is 0.478 e. The summed E-state index contributed by atoms with van der Waals surface area (Å²) in [4.78, 5) is 27.5. The van der Waals surface area contributed by atoms with Gasteiger partial charge in [-0.05, 0) is 68.5 Å². The lowest BCUT2D eigenvalue weighted by molar-refractivity contribution is 0.0696. The molecule has 0 saturated heterocycles. The number of aromatic nitrogens is 1. The Kier molecular flexibility index (Phi) is 4.74. The molecule has 0 bridgehead atoms. The van der Waals surface area contributed by atoms with Gasteiger partial charge in [0.1, 0.15) is 11.5 Å². The van der Waals surface area contributed by atoms with Crippen LogP contribution in [0, 0.1) is 6.92 Å². The van der Waals surface area contributed by atoms with Crippen LogP contribution in [-0.4, -0.2) is 16.1 Å². The Hall–Kier alpha value is -3.34. The Bertz CT molecular complexity index is 1100. The standard InChI is InChI=1S/C23H21NO4/c1-14-21(22(25)19-7-2-3-8-20(19)24-14)15-9-11-17(12-10-15)28-18-6-4-5-16(13-18)23(26)27/h4-6,9-13H,2-3,7-8H2,1H3,(H,24,25)(H,26,27). The van der Waals surface area contributed by atoms with Crippen molar-refractivity contribution in [3.63, 3.8) is 0 Å². The highest BCUT2D eigenvalue weighted by Gasteiger charge is 2.18. The molecule has 1 aliphatic carbocycles. The van der Waals surface area contributed by atoms with Crippen LogP contribution >= 0.6 is 0 Å². The van der Waals surface area contributed by atoms with Crippen LogP contribution in [0.4, 0.5) is 0 Å². The number of benzene rings is 2. The molecule has 28 heavy (non-hydrogen) atoms. The Morgan fingerprint density at radius 2 is 1.79 bits per heavy atom. The molecule has 1 aromatic heterocycles. The molecule has 2 aromatic carbocycles. The summed E-state index contributed by atoms with van der Waals surface area (Å²) >= 11 is 0. The number of H-pyrrole nitrogens is 1. The van der Waals surface area contributed by atoms with E-state index in [0.29, 0.717) is 17.1 Å². The van der Waals surface area contributed by atoms with Gasteiger partial charge in [0.2, 0.25) is 0 Å². The van der Waals surface area contributed by atoms with Gasteiger partial charge in [0.25, 0.3) is 0 Å². The number of rotatable bonds is 4. The molecule has 0 amide bonds. The van der Waals surface area contributed by atoms with Crippen molar-refractivity contribution in [2.24, 2.45) is 0 Å². The summed E-state index contributed by atoms with van der Waals surface area (Å²) in [6.45, 7) is 1.94. The molecule has 3 aromatic rings. The number of ether oxygens (including phenoxy) is 1. The van der Waals surface area contributed by atoms with Crippen LogP contribution in [0.15, 0.2) is 53.3 Å². The first-order valence-electron chi connectivity index (χ1n) is 9.39. The summed E-state index contributed by atoms with van der Waals surface area (Å²) in [5, 5.41) is 9.09. The average Bonchev–Trinajstić information content (AvgIpc) is 2.69. The highest BCUT2D eigenvalue weighted by molar-refractivity contribution is 5.88. The molecule has 0 unspecified atom stereocenters. The van der Waals surface area contributed by atoms with E-state index >= 15 is 0 Å². The topological polar surface area (TPSA) is 79.4 Å². The number of carbonyl (C=O) groups is 1. The fraction of sp³-hybridized carbons (Fsp3) is 0.217. The predicted octanol–water partition coefficient (Wildman–Crippen LogP) is 4.72. The van der Waals surface area contributed by atoms with Gasteiger partial charge in [0.05, 0.1) is 5.56 Å². The van der Waals surface area contributed by atoms with Crippen molar-refractivity contribution < 1.29 is 14.6 Å². The third-order valence-corrected chi connectivity index (χ3v) is 5.14. The zero-order chi connectivity index (χ0) is 19.7. The van der Waals surface area contributed by atoms with Crippen LogP contribution in [-0.2, 0) is 12.8 Å². The maximum Gasteiger partial charge on any atom is 0.335 e. The summed E-state index contributed by atoms with van der Waals surface area (Å²) in [5.74, 6) is 0.0386. The van der Waals surface area contributed by atoms with Gasteiger partial charge in [0.15, 0.2) is 5.43 Å². The fourth-order valence-electron chi connectivity index (χ4n) is 3.77. The fourth-order valence-corrected chi connectivity index (χ4v) is 3.77. The van der Waals surface area contributed by atoms with Gasteiger partial charge < -0.3 is 14.8 Å². The summed E-state index contributed by atoms with van der Waals surface area (Å²) in [6.07, 6.45) is 3.95. The van der Waals surface area contributed by atoms with E-state index in [-0.39, 0.29) is 11.0 Å². The Morgan fingerprint density at radius 1 is 1.04 bits per heavy atom. The summed E-state index contributed by atoms with van der Waals surface area (Å²) < 4.78 is 5.76. The van der Waals surface area contributed by atoms with Crippen LogP contribution in [0.25, 0.3) is 11.1 Å². The molecule has 0 saturated carbocycles. The van der Waals surface area contributed by atoms with Crippen LogP contribution < -0.4 is 10.2 Å². The highest BCUT2D eigenvalue weighted by Crippen LogP contribution is 2.28. The van der Waals surface area contributed by atoms with E-state index in [2.05, 4.69) is 4.98 Å². The molecule has 0 fully saturated rings. The lowest BCUT2D eigenvalue weighted by Gasteiger charge is -2.18. The molecule has 0 aliphatic heterocycles. The number of aromatic amines is 1. The molecule has 5 heteroatoms. The van der Waals surface area contributed by atoms with Crippen molar-refractivity contribution in [2.45, 2.75) is 32.6 Å². The smallest absolute Gasteiger partial charge is 0.335 e. The van der Waals surface area contributed by atoms with Gasteiger partial charge in [0, 0.05) is 22.5 Å². The zero-order valence-corrected chi connectivity index (χ0v) is 15.6. The molecule has 142 valence electrons. The average molecular weight is 375 g/mol. The maximum atomic E-state index is 13.0. The monoisotopic (exact) mass is 375 g/mol. The third kappa shape index (κ3) is 3.43. The number of hydrogen-bond donors (Lipinski definition) is 2. The summed E-state index contributed by atoms with van der Waals surface area (Å²) in [6, 6.07) is 13.7. The molecular formula is C23H21NO4. The molecule has 0 radical (unpaired) electrons. The molecule has 2 N–H and O–H groups in total. The highest BCUT2D eigenvalue weighted by atomic mass is 16.5. The van der Waals surface area contributed by atoms with Crippen molar-refractivity contribution in [1.82, 2.24) is 4.98 Å². The number of pyridine rings is 1. The van der Waals surface area contributed by atoms with Crippen LogP contribution in [0.1, 0.15) is 40.2 Å². The first-order chi connectivity index (χ1) is 13.5. The van der Waals surface area contributed by atoms with Gasteiger partial charge in [-0.1, -0.05) is 18.2 Å². The Balaban J connectivity index is 1.63. The first-order valence-corrected chi connectivity index (χ1v) is 9.39. The Labute approximate surface area is 162 Å². The molecule has 1 heterocycles. The van der Waals surface area contributed by atoms with Crippen molar-refractivity contribution in [3.05, 3.63) is 81.3 Å². The minimum Gasteiger partial charge on any atom is -0.478 e. The number of carboxylic acid groups (broad SMARTS) is 1. The molecule has 1 aliphatic rings. The predicted molar refractivity (Wildman–Crippen MR) is 107 cm³/mol. The minimum absolute atomic E-state index is 0.119. The molecule has 0 spiro atoms. The van der Waals surface area contributed by atoms with Gasteiger partial charge in [-0.3, -0.25) is 4.79 Å². The molecule has 0 atom stereocenters. The van der Waals surface area contributed by atoms with Crippen molar-refractivity contribution in [3.8, 4) is 22.6 Å². The van der Waals surface area contributed by atoms with E-state index in [0.717, 1.165) is 48.2 Å². The third-order valence-electron chi connectivity index (χ3n) is 5.14. The van der Waals surface area contributed by atoms with Crippen molar-refractivity contribution in [1.29, 1.82) is 0 Å². The van der Waals surface area contributed by atoms with E-state index in [4.69, 9.17) is 9.84 Å². The number of carboxylic acids is 1. The second-order valence-corrected chi connectivity index (χ2v) is 7.08. The van der Waals surface area contributed by atoms with Crippen molar-refractivity contribution >= 4 is 5.97 Å². The lowest BCUT2D eigenvalue weighted by atomic mass is 9.91. The normalized spacial score (nSPS) is 13.0. The summed E-state index contributed by atoms with van der Waals surface area (Å²) in [7, 11) is 0. The summed E-state index contributed by atoms with van der Waals surface area (Å²) in [5.41, 5.74) is 4.72.